The molecule has 2 saturated carbocycles. The van der Waals surface area contributed by atoms with E-state index in [1.807, 2.05) is 0 Å². The lowest BCUT2D eigenvalue weighted by molar-refractivity contribution is -0.116. The van der Waals surface area contributed by atoms with Crippen LogP contribution in [0.3, 0.4) is 0 Å². The SMILES string of the molecule is CC1=C2C(=O)CCCCC23CC3C1. The fourth-order valence-corrected chi connectivity index (χ4v) is 3.65. The van der Waals surface area contributed by atoms with Gasteiger partial charge in [-0.25, -0.2) is 0 Å². The largest absolute Gasteiger partial charge is 0.295 e. The molecule has 0 saturated heterocycles. The van der Waals surface area contributed by atoms with Gasteiger partial charge in [0, 0.05) is 17.4 Å². The molecular weight excluding hydrogens is 160 g/mol. The molecule has 0 amide bonds. The zero-order valence-corrected chi connectivity index (χ0v) is 8.23. The van der Waals surface area contributed by atoms with Crippen LogP contribution in [0, 0.1) is 11.3 Å². The van der Waals surface area contributed by atoms with Crippen molar-refractivity contribution in [1.82, 2.24) is 0 Å². The van der Waals surface area contributed by atoms with E-state index in [0.717, 1.165) is 18.8 Å². The average molecular weight is 176 g/mol. The van der Waals surface area contributed by atoms with Crippen LogP contribution in [0.5, 0.6) is 0 Å². The number of allylic oxidation sites excluding steroid dienone is 2. The Kier molecular flexibility index (Phi) is 1.35. The van der Waals surface area contributed by atoms with Crippen molar-refractivity contribution in [3.8, 4) is 0 Å². The van der Waals surface area contributed by atoms with Crippen LogP contribution >= 0.6 is 0 Å². The van der Waals surface area contributed by atoms with Gasteiger partial charge in [0.15, 0.2) is 5.78 Å². The summed E-state index contributed by atoms with van der Waals surface area (Å²) in [5.74, 6) is 1.35. The van der Waals surface area contributed by atoms with Gasteiger partial charge >= 0.3 is 0 Å². The molecule has 2 fully saturated rings. The van der Waals surface area contributed by atoms with Crippen molar-refractivity contribution in [2.24, 2.45) is 11.3 Å². The van der Waals surface area contributed by atoms with Crippen molar-refractivity contribution in [1.29, 1.82) is 0 Å². The van der Waals surface area contributed by atoms with E-state index < -0.39 is 0 Å². The van der Waals surface area contributed by atoms with E-state index in [-0.39, 0.29) is 0 Å². The van der Waals surface area contributed by atoms with Crippen molar-refractivity contribution in [3.05, 3.63) is 11.1 Å². The minimum atomic E-state index is 0.414. The first-order chi connectivity index (χ1) is 6.24. The van der Waals surface area contributed by atoms with Crippen molar-refractivity contribution < 1.29 is 4.79 Å². The Bertz CT molecular complexity index is 313. The van der Waals surface area contributed by atoms with E-state index in [1.165, 1.54) is 36.8 Å². The van der Waals surface area contributed by atoms with Gasteiger partial charge in [0.25, 0.3) is 0 Å². The number of rotatable bonds is 0. The molecule has 0 aliphatic heterocycles. The highest BCUT2D eigenvalue weighted by Gasteiger charge is 2.61. The lowest BCUT2D eigenvalue weighted by atomic mass is 9.90. The third-order valence-electron chi connectivity index (χ3n) is 4.26. The summed E-state index contributed by atoms with van der Waals surface area (Å²) in [7, 11) is 0. The van der Waals surface area contributed by atoms with E-state index >= 15 is 0 Å². The molecule has 0 aromatic carbocycles. The van der Waals surface area contributed by atoms with E-state index in [4.69, 9.17) is 0 Å². The fourth-order valence-electron chi connectivity index (χ4n) is 3.65. The summed E-state index contributed by atoms with van der Waals surface area (Å²) in [5.41, 5.74) is 3.11. The predicted molar refractivity (Wildman–Crippen MR) is 51.3 cm³/mol. The van der Waals surface area contributed by atoms with Crippen molar-refractivity contribution in [3.63, 3.8) is 0 Å². The van der Waals surface area contributed by atoms with Gasteiger partial charge in [-0.05, 0) is 38.5 Å². The van der Waals surface area contributed by atoms with Gasteiger partial charge in [-0.3, -0.25) is 4.79 Å². The highest BCUT2D eigenvalue weighted by molar-refractivity contribution is 5.99. The smallest absolute Gasteiger partial charge is 0.159 e. The average Bonchev–Trinajstić information content (AvgIpc) is 2.71. The molecule has 0 aromatic rings. The third kappa shape index (κ3) is 0.853. The normalized spacial score (nSPS) is 42.8. The Hall–Kier alpha value is -0.590. The number of carbonyl (C=O) groups excluding carboxylic acids is 1. The molecule has 1 nitrogen and oxygen atoms in total. The van der Waals surface area contributed by atoms with Crippen LogP contribution < -0.4 is 0 Å². The highest BCUT2D eigenvalue weighted by Crippen LogP contribution is 2.69. The number of Topliss-reactive ketones (excluding diaryl/α,β-unsaturated/α-hetero) is 1. The molecule has 0 aromatic heterocycles. The summed E-state index contributed by atoms with van der Waals surface area (Å²) in [6.07, 6.45) is 7.08. The molecule has 0 heterocycles. The Morgan fingerprint density at radius 3 is 3.08 bits per heavy atom. The van der Waals surface area contributed by atoms with Gasteiger partial charge in [0.05, 0.1) is 0 Å². The Labute approximate surface area is 79.2 Å². The zero-order chi connectivity index (χ0) is 9.05. The monoisotopic (exact) mass is 176 g/mol. The molecule has 13 heavy (non-hydrogen) atoms. The maximum atomic E-state index is 11.9. The lowest BCUT2D eigenvalue weighted by Crippen LogP contribution is -2.11. The van der Waals surface area contributed by atoms with Crippen LogP contribution in [0.25, 0.3) is 0 Å². The van der Waals surface area contributed by atoms with Crippen molar-refractivity contribution in [2.75, 3.05) is 0 Å². The molecule has 3 aliphatic carbocycles. The fraction of sp³-hybridized carbons (Fsp3) is 0.750. The van der Waals surface area contributed by atoms with Gasteiger partial charge in [0.2, 0.25) is 0 Å². The Morgan fingerprint density at radius 2 is 2.23 bits per heavy atom. The molecular formula is C12H16O. The number of hydrogen-bond acceptors (Lipinski definition) is 1. The van der Waals surface area contributed by atoms with Crippen LogP contribution in [-0.4, -0.2) is 5.78 Å². The van der Waals surface area contributed by atoms with Crippen LogP contribution in [0.2, 0.25) is 0 Å². The molecule has 3 rings (SSSR count). The summed E-state index contributed by atoms with van der Waals surface area (Å²) < 4.78 is 0. The molecule has 2 unspecified atom stereocenters. The minimum absolute atomic E-state index is 0.414. The maximum absolute atomic E-state index is 11.9. The van der Waals surface area contributed by atoms with E-state index in [2.05, 4.69) is 6.92 Å². The van der Waals surface area contributed by atoms with Gasteiger partial charge in [0.1, 0.15) is 0 Å². The van der Waals surface area contributed by atoms with E-state index in [1.54, 1.807) is 0 Å². The molecule has 70 valence electrons. The van der Waals surface area contributed by atoms with Crippen LogP contribution in [-0.2, 0) is 4.79 Å². The molecule has 0 bridgehead atoms. The molecule has 1 heteroatoms. The summed E-state index contributed by atoms with van der Waals surface area (Å²) in [4.78, 5) is 11.9. The summed E-state index contributed by atoms with van der Waals surface area (Å²) >= 11 is 0. The second-order valence-electron chi connectivity index (χ2n) is 5.05. The topological polar surface area (TPSA) is 17.1 Å². The molecule has 0 radical (unpaired) electrons. The van der Waals surface area contributed by atoms with Crippen molar-refractivity contribution in [2.45, 2.75) is 45.4 Å². The molecule has 0 N–H and O–H groups in total. The quantitative estimate of drug-likeness (QED) is 0.554. The zero-order valence-electron chi connectivity index (χ0n) is 8.23. The molecule has 2 atom stereocenters. The van der Waals surface area contributed by atoms with Gasteiger partial charge < -0.3 is 0 Å². The van der Waals surface area contributed by atoms with Crippen LogP contribution in [0.1, 0.15) is 45.4 Å². The highest BCUT2D eigenvalue weighted by atomic mass is 16.1. The first kappa shape index (κ1) is 7.78. The van der Waals surface area contributed by atoms with Crippen LogP contribution in [0.4, 0.5) is 0 Å². The number of ketones is 1. The van der Waals surface area contributed by atoms with Gasteiger partial charge in [-0.2, -0.15) is 0 Å². The van der Waals surface area contributed by atoms with E-state index in [0.29, 0.717) is 11.2 Å². The van der Waals surface area contributed by atoms with Crippen molar-refractivity contribution >= 4 is 5.78 Å². The summed E-state index contributed by atoms with van der Waals surface area (Å²) in [5, 5.41) is 0. The summed E-state index contributed by atoms with van der Waals surface area (Å²) in [6.45, 7) is 2.17. The minimum Gasteiger partial charge on any atom is -0.295 e. The third-order valence-corrected chi connectivity index (χ3v) is 4.26. The summed E-state index contributed by atoms with van der Waals surface area (Å²) in [6, 6.07) is 0. The number of carbonyl (C=O) groups is 1. The van der Waals surface area contributed by atoms with Gasteiger partial charge in [-0.1, -0.05) is 12.0 Å². The van der Waals surface area contributed by atoms with Crippen LogP contribution in [0.15, 0.2) is 11.1 Å². The number of hydrogen-bond donors (Lipinski definition) is 0. The Balaban J connectivity index is 2.07. The standard InChI is InChI=1S/C12H16O/c1-8-6-9-7-12(9)5-3-2-4-10(13)11(8)12/h9H,2-7H2,1H3. The second kappa shape index (κ2) is 2.26. The maximum Gasteiger partial charge on any atom is 0.159 e. The van der Waals surface area contributed by atoms with E-state index in [9.17, 15) is 4.79 Å². The molecule has 3 aliphatic rings. The predicted octanol–water partition coefficient (Wildman–Crippen LogP) is 2.86. The first-order valence-electron chi connectivity index (χ1n) is 5.47. The first-order valence-corrected chi connectivity index (χ1v) is 5.47. The second-order valence-corrected chi connectivity index (χ2v) is 5.05. The molecule has 1 spiro atoms. The van der Waals surface area contributed by atoms with Gasteiger partial charge in [-0.15, -0.1) is 0 Å². The lowest BCUT2D eigenvalue weighted by Gasteiger charge is -2.13. The Morgan fingerprint density at radius 1 is 1.38 bits per heavy atom.